The van der Waals surface area contributed by atoms with Gasteiger partial charge in [-0.3, -0.25) is 0 Å². The molecule has 0 bridgehead atoms. The molecule has 0 spiro atoms. The summed E-state index contributed by atoms with van der Waals surface area (Å²) in [6.45, 7) is 22.4. The second-order valence-electron chi connectivity index (χ2n) is 27.7. The molecular weight excluding hydrogens is 1180 g/mol. The SMILES string of the molecule is Cc1cccc(C)c1-c1ccc(N2c3ccc(-c4c(C)cccc4C)cc3B3c4ccc(-n5c6ccc(-c7c(C)cccc7C)cc6c6cc(-c7c(C)cccc7C)ccc65)cc4N(c4c(-c5ccccc5)cccc4-c4ccccc4)c4cc(-c5c(C)cccc5C)cc2c43)cc1. The van der Waals surface area contributed by atoms with Crippen LogP contribution in [0.3, 0.4) is 0 Å². The smallest absolute Gasteiger partial charge is 0.252 e. The van der Waals surface area contributed by atoms with Gasteiger partial charge in [0.1, 0.15) is 0 Å². The van der Waals surface area contributed by atoms with Crippen LogP contribution in [0.1, 0.15) is 55.6 Å². The van der Waals surface area contributed by atoms with Crippen LogP contribution in [0.5, 0.6) is 0 Å². The molecule has 0 N–H and O–H groups in total. The van der Waals surface area contributed by atoms with E-state index in [9.17, 15) is 0 Å². The Morgan fingerprint density at radius 1 is 0.235 bits per heavy atom. The first-order valence-corrected chi connectivity index (χ1v) is 34.6. The second kappa shape index (κ2) is 23.7. The molecule has 15 aromatic rings. The van der Waals surface area contributed by atoms with Gasteiger partial charge in [-0.1, -0.05) is 212 Å². The summed E-state index contributed by atoms with van der Waals surface area (Å²) in [5.41, 5.74) is 43.7. The van der Waals surface area contributed by atoms with Gasteiger partial charge in [-0.15, -0.1) is 0 Å². The van der Waals surface area contributed by atoms with Crippen LogP contribution in [0.4, 0.5) is 34.1 Å². The van der Waals surface area contributed by atoms with Crippen molar-refractivity contribution in [3.05, 3.63) is 335 Å². The van der Waals surface area contributed by atoms with Gasteiger partial charge in [0.05, 0.1) is 16.7 Å². The van der Waals surface area contributed by atoms with Crippen molar-refractivity contribution in [2.75, 3.05) is 9.80 Å². The summed E-state index contributed by atoms with van der Waals surface area (Å²) in [5, 5.41) is 2.44. The van der Waals surface area contributed by atoms with Gasteiger partial charge in [0, 0.05) is 56.0 Å². The highest BCUT2D eigenvalue weighted by Gasteiger charge is 2.45. The van der Waals surface area contributed by atoms with E-state index in [2.05, 4.69) is 363 Å². The number of nitrogens with zero attached hydrogens (tertiary/aromatic N) is 3. The lowest BCUT2D eigenvalue weighted by atomic mass is 9.33. The van der Waals surface area contributed by atoms with Crippen LogP contribution in [-0.2, 0) is 0 Å². The van der Waals surface area contributed by atoms with Crippen LogP contribution < -0.4 is 26.2 Å². The molecule has 3 nitrogen and oxygen atoms in total. The fraction of sp³-hybridized carbons (Fsp3) is 0.106. The maximum atomic E-state index is 2.70. The minimum Gasteiger partial charge on any atom is -0.311 e. The molecule has 0 amide bonds. The third-order valence-electron chi connectivity index (χ3n) is 21.5. The topological polar surface area (TPSA) is 11.4 Å². The molecular formula is C94H76BN3. The van der Waals surface area contributed by atoms with Crippen molar-refractivity contribution < 1.29 is 0 Å². The average molecular weight is 1260 g/mol. The Balaban J connectivity index is 1.01. The van der Waals surface area contributed by atoms with Crippen LogP contribution in [-0.4, -0.2) is 11.3 Å². The number of aryl methyl sites for hydroxylation is 10. The van der Waals surface area contributed by atoms with Crippen LogP contribution in [0, 0.1) is 69.2 Å². The number of hydrogen-bond acceptors (Lipinski definition) is 2. The molecule has 0 saturated carbocycles. The maximum Gasteiger partial charge on any atom is 0.252 e. The van der Waals surface area contributed by atoms with E-state index in [1.165, 1.54) is 144 Å². The number of anilines is 6. The van der Waals surface area contributed by atoms with E-state index < -0.39 is 0 Å². The summed E-state index contributed by atoms with van der Waals surface area (Å²) in [6, 6.07) is 106. The molecule has 0 radical (unpaired) electrons. The van der Waals surface area contributed by atoms with Crippen molar-refractivity contribution >= 4 is 79.0 Å². The lowest BCUT2D eigenvalue weighted by molar-refractivity contribution is 1.17. The Bertz CT molecular complexity index is 5490. The van der Waals surface area contributed by atoms with Crippen molar-refractivity contribution in [2.24, 2.45) is 0 Å². The third kappa shape index (κ3) is 9.71. The number of fused-ring (bicyclic) bond motifs is 7. The van der Waals surface area contributed by atoms with E-state index in [1.807, 2.05) is 0 Å². The lowest BCUT2D eigenvalue weighted by Crippen LogP contribution is -2.61. The summed E-state index contributed by atoms with van der Waals surface area (Å²) in [4.78, 5) is 5.30. The number of para-hydroxylation sites is 1. The summed E-state index contributed by atoms with van der Waals surface area (Å²) in [6.07, 6.45) is 0. The minimum atomic E-state index is -0.196. The largest absolute Gasteiger partial charge is 0.311 e. The summed E-state index contributed by atoms with van der Waals surface area (Å²) in [5.74, 6) is 0. The highest BCUT2D eigenvalue weighted by molar-refractivity contribution is 7.00. The quantitative estimate of drug-likeness (QED) is 0.126. The van der Waals surface area contributed by atoms with Crippen LogP contribution in [0.15, 0.2) is 279 Å². The first-order chi connectivity index (χ1) is 47.8. The zero-order valence-corrected chi connectivity index (χ0v) is 57.5. The Labute approximate surface area is 577 Å². The van der Waals surface area contributed by atoms with Crippen molar-refractivity contribution in [2.45, 2.75) is 69.2 Å². The van der Waals surface area contributed by atoms with Crippen LogP contribution in [0.25, 0.3) is 105 Å². The van der Waals surface area contributed by atoms with Gasteiger partial charge in [0.15, 0.2) is 0 Å². The summed E-state index contributed by atoms with van der Waals surface area (Å²) < 4.78 is 2.55. The molecule has 470 valence electrons. The number of hydrogen-bond donors (Lipinski definition) is 0. The highest BCUT2D eigenvalue weighted by atomic mass is 15.2. The number of aromatic nitrogens is 1. The maximum absolute atomic E-state index is 2.70. The second-order valence-corrected chi connectivity index (χ2v) is 27.7. The molecule has 17 rings (SSSR count). The molecule has 14 aromatic carbocycles. The van der Waals surface area contributed by atoms with E-state index >= 15 is 0 Å². The molecule has 0 atom stereocenters. The molecule has 4 heteroatoms. The molecule has 0 fully saturated rings. The predicted molar refractivity (Wildman–Crippen MR) is 420 cm³/mol. The van der Waals surface area contributed by atoms with Gasteiger partial charge in [-0.25, -0.2) is 0 Å². The van der Waals surface area contributed by atoms with E-state index in [0.29, 0.717) is 0 Å². The molecule has 98 heavy (non-hydrogen) atoms. The fourth-order valence-corrected chi connectivity index (χ4v) is 17.2. The van der Waals surface area contributed by atoms with Crippen molar-refractivity contribution in [1.82, 2.24) is 4.57 Å². The third-order valence-corrected chi connectivity index (χ3v) is 21.5. The van der Waals surface area contributed by atoms with E-state index in [1.54, 1.807) is 0 Å². The highest BCUT2D eigenvalue weighted by Crippen LogP contribution is 2.53. The van der Waals surface area contributed by atoms with Gasteiger partial charge < -0.3 is 14.4 Å². The van der Waals surface area contributed by atoms with Gasteiger partial charge in [0.2, 0.25) is 0 Å². The lowest BCUT2D eigenvalue weighted by Gasteiger charge is -2.45. The van der Waals surface area contributed by atoms with E-state index in [0.717, 1.165) is 67.4 Å². The van der Waals surface area contributed by atoms with Gasteiger partial charge >= 0.3 is 0 Å². The molecule has 2 aliphatic heterocycles. The minimum absolute atomic E-state index is 0.196. The molecule has 0 unspecified atom stereocenters. The Morgan fingerprint density at radius 3 is 1.07 bits per heavy atom. The van der Waals surface area contributed by atoms with Gasteiger partial charge in [0.25, 0.3) is 6.71 Å². The van der Waals surface area contributed by atoms with Gasteiger partial charge in [-0.2, -0.15) is 0 Å². The predicted octanol–water partition coefficient (Wildman–Crippen LogP) is 23.6. The van der Waals surface area contributed by atoms with Gasteiger partial charge in [-0.05, 0) is 275 Å². The average Bonchev–Trinajstić information content (AvgIpc) is 0.743. The first-order valence-electron chi connectivity index (χ1n) is 34.6. The number of rotatable bonds is 10. The standard InChI is InChI=1S/C94H76BN3/c1-57-23-17-24-58(2)88(57)69-39-44-74(45-40-69)96-84-50-43-72(91-63(7)29-20-30-64(91)8)53-81(84)95-80-47-46-75(97-82-48-41-70(89-59(3)25-18-26-60(89)4)51-78(82)79-52-71(42-49-83(79)97)90-61(5)27-19-28-62(90)6)56-85(80)98(87-55-73(54-86(96)93(87)95)92-65(9)31-21-32-66(92)10)94-76(67-33-13-11-14-34-67)37-22-38-77(94)68-35-15-12-16-36-68/h11-56H,1-10H3. The summed E-state index contributed by atoms with van der Waals surface area (Å²) in [7, 11) is 0. The molecule has 3 heterocycles. The zero-order chi connectivity index (χ0) is 66.8. The van der Waals surface area contributed by atoms with E-state index in [4.69, 9.17) is 0 Å². The molecule has 2 aliphatic rings. The Kier molecular flexibility index (Phi) is 14.6. The number of benzene rings is 14. The normalized spacial score (nSPS) is 12.3. The molecule has 0 aliphatic carbocycles. The zero-order valence-electron chi connectivity index (χ0n) is 57.5. The van der Waals surface area contributed by atoms with Crippen molar-refractivity contribution in [3.63, 3.8) is 0 Å². The molecule has 0 saturated heterocycles. The van der Waals surface area contributed by atoms with Crippen LogP contribution >= 0.6 is 0 Å². The van der Waals surface area contributed by atoms with Crippen molar-refractivity contribution in [3.8, 4) is 83.6 Å². The summed E-state index contributed by atoms with van der Waals surface area (Å²) >= 11 is 0. The van der Waals surface area contributed by atoms with E-state index in [-0.39, 0.29) is 6.71 Å². The Hall–Kier alpha value is -11.5. The van der Waals surface area contributed by atoms with Crippen molar-refractivity contribution in [1.29, 1.82) is 0 Å². The van der Waals surface area contributed by atoms with Crippen LogP contribution in [0.2, 0.25) is 0 Å². The monoisotopic (exact) mass is 1260 g/mol. The fourth-order valence-electron chi connectivity index (χ4n) is 17.2. The molecule has 1 aromatic heterocycles. The Morgan fingerprint density at radius 2 is 0.612 bits per heavy atom. The first kappa shape index (κ1) is 60.2.